The predicted octanol–water partition coefficient (Wildman–Crippen LogP) is 2.03. The van der Waals surface area contributed by atoms with Crippen molar-refractivity contribution in [1.29, 1.82) is 0 Å². The molecule has 0 saturated carbocycles. The molecule has 1 N–H and O–H groups in total. The first kappa shape index (κ1) is 9.96. The van der Waals surface area contributed by atoms with Gasteiger partial charge in [-0.05, 0) is 25.3 Å². The Bertz CT molecular complexity index is 231. The van der Waals surface area contributed by atoms with Gasteiger partial charge in [0.2, 0.25) is 0 Å². The van der Waals surface area contributed by atoms with E-state index >= 15 is 0 Å². The van der Waals surface area contributed by atoms with E-state index in [9.17, 15) is 4.79 Å². The van der Waals surface area contributed by atoms with Crippen LogP contribution < -0.4 is 0 Å². The third-order valence-corrected chi connectivity index (χ3v) is 2.03. The summed E-state index contributed by atoms with van der Waals surface area (Å²) in [5.74, 6) is -0.696. The number of unbranched alkanes of at least 4 members (excludes halogenated alkanes) is 2. The van der Waals surface area contributed by atoms with E-state index in [4.69, 9.17) is 5.11 Å². The molecule has 1 aliphatic heterocycles. The summed E-state index contributed by atoms with van der Waals surface area (Å²) in [7, 11) is 0. The maximum absolute atomic E-state index is 10.2. The number of aliphatic imine (C=N–C) groups is 1. The summed E-state index contributed by atoms with van der Waals surface area (Å²) in [6, 6.07) is 0. The molecule has 0 aromatic rings. The topological polar surface area (TPSA) is 49.7 Å². The molecular formula is C10H15NO2. The fourth-order valence-electron chi connectivity index (χ4n) is 1.33. The van der Waals surface area contributed by atoms with Gasteiger partial charge in [-0.2, -0.15) is 0 Å². The molecule has 0 unspecified atom stereocenters. The maximum atomic E-state index is 10.2. The van der Waals surface area contributed by atoms with E-state index < -0.39 is 5.97 Å². The lowest BCUT2D eigenvalue weighted by Crippen LogP contribution is -1.95. The fourth-order valence-corrected chi connectivity index (χ4v) is 1.33. The van der Waals surface area contributed by atoms with Gasteiger partial charge in [-0.1, -0.05) is 12.5 Å². The van der Waals surface area contributed by atoms with Crippen LogP contribution in [0.4, 0.5) is 0 Å². The summed E-state index contributed by atoms with van der Waals surface area (Å²) in [6.45, 7) is 0.824. The van der Waals surface area contributed by atoms with Crippen molar-refractivity contribution in [3.05, 3.63) is 12.2 Å². The molecule has 3 heteroatoms. The summed E-state index contributed by atoms with van der Waals surface area (Å²) in [5, 5.41) is 8.39. The number of allylic oxidation sites excluding steroid dienone is 1. The molecule has 0 aromatic carbocycles. The molecule has 0 atom stereocenters. The van der Waals surface area contributed by atoms with Crippen LogP contribution in [0.25, 0.3) is 0 Å². The molecule has 0 saturated heterocycles. The van der Waals surface area contributed by atoms with Gasteiger partial charge in [0.25, 0.3) is 0 Å². The van der Waals surface area contributed by atoms with Gasteiger partial charge in [0.05, 0.1) is 6.54 Å². The predicted molar refractivity (Wildman–Crippen MR) is 52.2 cm³/mol. The Balaban J connectivity index is 1.95. The lowest BCUT2D eigenvalue weighted by Gasteiger charge is -1.97. The van der Waals surface area contributed by atoms with Gasteiger partial charge in [-0.3, -0.25) is 9.79 Å². The molecule has 1 rings (SSSR count). The second-order valence-corrected chi connectivity index (χ2v) is 3.19. The van der Waals surface area contributed by atoms with Crippen molar-refractivity contribution in [2.24, 2.45) is 4.99 Å². The van der Waals surface area contributed by atoms with Crippen molar-refractivity contribution in [2.45, 2.75) is 32.1 Å². The Morgan fingerprint density at radius 2 is 2.31 bits per heavy atom. The van der Waals surface area contributed by atoms with Crippen molar-refractivity contribution in [3.63, 3.8) is 0 Å². The van der Waals surface area contributed by atoms with E-state index in [1.54, 1.807) is 0 Å². The minimum atomic E-state index is -0.696. The van der Waals surface area contributed by atoms with E-state index in [0.717, 1.165) is 37.9 Å². The van der Waals surface area contributed by atoms with Crippen molar-refractivity contribution < 1.29 is 9.90 Å². The lowest BCUT2D eigenvalue weighted by molar-refractivity contribution is -0.137. The molecular weight excluding hydrogens is 166 g/mol. The van der Waals surface area contributed by atoms with E-state index in [0.29, 0.717) is 6.42 Å². The van der Waals surface area contributed by atoms with Crippen LogP contribution >= 0.6 is 0 Å². The molecule has 0 amide bonds. The van der Waals surface area contributed by atoms with Crippen molar-refractivity contribution >= 4 is 11.7 Å². The highest BCUT2D eigenvalue weighted by molar-refractivity contribution is 5.96. The Kier molecular flexibility index (Phi) is 4.23. The van der Waals surface area contributed by atoms with Crippen molar-refractivity contribution in [1.82, 2.24) is 0 Å². The molecule has 3 nitrogen and oxygen atoms in total. The zero-order chi connectivity index (χ0) is 9.52. The number of nitrogens with zero attached hydrogens (tertiary/aromatic N) is 1. The minimum Gasteiger partial charge on any atom is -0.481 e. The zero-order valence-electron chi connectivity index (χ0n) is 7.70. The van der Waals surface area contributed by atoms with Gasteiger partial charge in [-0.25, -0.2) is 0 Å². The third kappa shape index (κ3) is 4.45. The number of carbonyl (C=O) groups is 1. The highest BCUT2D eigenvalue weighted by Gasteiger charge is 2.00. The molecule has 0 fully saturated rings. The second-order valence-electron chi connectivity index (χ2n) is 3.19. The van der Waals surface area contributed by atoms with Gasteiger partial charge in [0, 0.05) is 12.1 Å². The lowest BCUT2D eigenvalue weighted by atomic mass is 10.1. The molecule has 0 aliphatic carbocycles. The Hall–Kier alpha value is -1.12. The minimum absolute atomic E-state index is 0.294. The highest BCUT2D eigenvalue weighted by Crippen LogP contribution is 2.07. The Morgan fingerprint density at radius 1 is 1.46 bits per heavy atom. The first-order chi connectivity index (χ1) is 6.29. The average Bonchev–Trinajstić information content (AvgIpc) is 2.55. The second kappa shape index (κ2) is 5.51. The molecule has 0 spiro atoms. The molecule has 0 aromatic heterocycles. The number of aliphatic carboxylic acids is 1. The van der Waals surface area contributed by atoms with Gasteiger partial charge in [-0.15, -0.1) is 0 Å². The normalized spacial score (nSPS) is 14.6. The fraction of sp³-hybridized carbons (Fsp3) is 0.600. The van der Waals surface area contributed by atoms with Crippen LogP contribution in [0.1, 0.15) is 32.1 Å². The van der Waals surface area contributed by atoms with Crippen molar-refractivity contribution in [3.8, 4) is 0 Å². The van der Waals surface area contributed by atoms with Crippen LogP contribution in [0.15, 0.2) is 17.1 Å². The highest BCUT2D eigenvalue weighted by atomic mass is 16.4. The maximum Gasteiger partial charge on any atom is 0.303 e. The van der Waals surface area contributed by atoms with Crippen LogP contribution in [0.2, 0.25) is 0 Å². The van der Waals surface area contributed by atoms with Crippen LogP contribution in [-0.4, -0.2) is 23.3 Å². The summed E-state index contributed by atoms with van der Waals surface area (Å²) in [5.41, 5.74) is 1.16. The quantitative estimate of drug-likeness (QED) is 0.637. The first-order valence-corrected chi connectivity index (χ1v) is 4.70. The number of carboxylic acids is 1. The zero-order valence-corrected chi connectivity index (χ0v) is 7.70. The van der Waals surface area contributed by atoms with E-state index in [1.165, 1.54) is 0 Å². The monoisotopic (exact) mass is 181 g/mol. The van der Waals surface area contributed by atoms with Crippen LogP contribution in [0.5, 0.6) is 0 Å². The van der Waals surface area contributed by atoms with Crippen molar-refractivity contribution in [2.75, 3.05) is 6.54 Å². The third-order valence-electron chi connectivity index (χ3n) is 2.03. The van der Waals surface area contributed by atoms with Gasteiger partial charge >= 0.3 is 5.97 Å². The summed E-state index contributed by atoms with van der Waals surface area (Å²) < 4.78 is 0. The van der Waals surface area contributed by atoms with Crippen LogP contribution in [0, 0.1) is 0 Å². The summed E-state index contributed by atoms with van der Waals surface area (Å²) in [4.78, 5) is 14.4. The average molecular weight is 181 g/mol. The first-order valence-electron chi connectivity index (χ1n) is 4.70. The van der Waals surface area contributed by atoms with Crippen LogP contribution in [-0.2, 0) is 4.79 Å². The SMILES string of the molecule is O=C(O)CCCCCC1=NCC=C1. The van der Waals surface area contributed by atoms with E-state index in [1.807, 2.05) is 6.08 Å². The molecule has 0 radical (unpaired) electrons. The number of rotatable bonds is 6. The summed E-state index contributed by atoms with van der Waals surface area (Å²) in [6.07, 6.45) is 8.21. The Labute approximate surface area is 78.2 Å². The van der Waals surface area contributed by atoms with Gasteiger partial charge < -0.3 is 5.11 Å². The van der Waals surface area contributed by atoms with Gasteiger partial charge in [0.15, 0.2) is 0 Å². The molecule has 1 aliphatic rings. The number of hydrogen-bond acceptors (Lipinski definition) is 2. The van der Waals surface area contributed by atoms with Crippen LogP contribution in [0.3, 0.4) is 0 Å². The largest absolute Gasteiger partial charge is 0.481 e. The number of hydrogen-bond donors (Lipinski definition) is 1. The molecule has 72 valence electrons. The standard InChI is InChI=1S/C10H15NO2/c12-10(13)7-3-1-2-5-9-6-4-8-11-9/h4,6H,1-3,5,7-8H2,(H,12,13). The molecule has 13 heavy (non-hydrogen) atoms. The van der Waals surface area contributed by atoms with E-state index in [-0.39, 0.29) is 0 Å². The molecule has 1 heterocycles. The smallest absolute Gasteiger partial charge is 0.303 e. The molecule has 0 bridgehead atoms. The number of carboxylic acid groups (broad SMARTS) is 1. The Morgan fingerprint density at radius 3 is 2.92 bits per heavy atom. The van der Waals surface area contributed by atoms with Gasteiger partial charge in [0.1, 0.15) is 0 Å². The van der Waals surface area contributed by atoms with E-state index in [2.05, 4.69) is 11.1 Å². The summed E-state index contributed by atoms with van der Waals surface area (Å²) >= 11 is 0.